The number of likely N-dealkylation sites (tertiary alicyclic amines) is 1. The van der Waals surface area contributed by atoms with Crippen LogP contribution in [0.1, 0.15) is 29.8 Å². The van der Waals surface area contributed by atoms with E-state index in [2.05, 4.69) is 26.2 Å². The lowest BCUT2D eigenvalue weighted by molar-refractivity contribution is 0.0718. The highest BCUT2D eigenvalue weighted by Gasteiger charge is 2.21. The van der Waals surface area contributed by atoms with E-state index < -0.39 is 0 Å². The van der Waals surface area contributed by atoms with Crippen LogP contribution in [-0.4, -0.2) is 38.9 Å². The smallest absolute Gasteiger partial charge is 0.276 e. The predicted octanol–water partition coefficient (Wildman–Crippen LogP) is 2.80. The molecule has 2 aromatic rings. The average molecular weight is 353 g/mol. The van der Waals surface area contributed by atoms with Gasteiger partial charge in [-0.2, -0.15) is 0 Å². The molecule has 3 rings (SSSR count). The summed E-state index contributed by atoms with van der Waals surface area (Å²) in [6.45, 7) is 1.54. The summed E-state index contributed by atoms with van der Waals surface area (Å²) in [6, 6.07) is 4.28. The number of rotatable bonds is 2. The molecule has 2 heterocycles. The molecule has 1 aliphatic rings. The van der Waals surface area contributed by atoms with Crippen LogP contribution in [0.15, 0.2) is 28.9 Å². The minimum atomic E-state index is -0.338. The number of amides is 1. The lowest BCUT2D eigenvalue weighted by Crippen LogP contribution is -2.35. The number of hydrogen-bond acceptors (Lipinski definition) is 3. The Hall–Kier alpha value is -1.76. The van der Waals surface area contributed by atoms with E-state index in [0.29, 0.717) is 15.9 Å². The molecule has 1 amide bonds. The number of nitrogens with zero attached hydrogens (tertiary/aromatic N) is 4. The SMILES string of the molecule is O=C(c1cn(-c2ccc(F)cc2Br)nn1)N1CCCCC1. The zero-order valence-electron chi connectivity index (χ0n) is 11.3. The Morgan fingerprint density at radius 3 is 2.71 bits per heavy atom. The highest BCUT2D eigenvalue weighted by molar-refractivity contribution is 9.10. The van der Waals surface area contributed by atoms with E-state index in [1.54, 1.807) is 17.2 Å². The Bertz CT molecular complexity index is 667. The number of benzene rings is 1. The maximum Gasteiger partial charge on any atom is 0.276 e. The van der Waals surface area contributed by atoms with Gasteiger partial charge in [-0.3, -0.25) is 4.79 Å². The van der Waals surface area contributed by atoms with Crippen molar-refractivity contribution in [1.29, 1.82) is 0 Å². The Morgan fingerprint density at radius 1 is 1.24 bits per heavy atom. The first kappa shape index (κ1) is 14.2. The Labute approximate surface area is 129 Å². The molecule has 0 unspecified atom stereocenters. The molecule has 1 aromatic carbocycles. The third-order valence-electron chi connectivity index (χ3n) is 3.51. The van der Waals surface area contributed by atoms with E-state index >= 15 is 0 Å². The zero-order chi connectivity index (χ0) is 14.8. The minimum Gasteiger partial charge on any atom is -0.337 e. The molecule has 0 radical (unpaired) electrons. The van der Waals surface area contributed by atoms with Gasteiger partial charge in [0.05, 0.1) is 11.9 Å². The third-order valence-corrected chi connectivity index (χ3v) is 4.15. The van der Waals surface area contributed by atoms with Crippen molar-refractivity contribution in [3.63, 3.8) is 0 Å². The van der Waals surface area contributed by atoms with E-state index in [9.17, 15) is 9.18 Å². The maximum atomic E-state index is 13.1. The van der Waals surface area contributed by atoms with E-state index in [1.165, 1.54) is 23.2 Å². The fraction of sp³-hybridized carbons (Fsp3) is 0.357. The van der Waals surface area contributed by atoms with E-state index in [4.69, 9.17) is 0 Å². The Balaban J connectivity index is 1.84. The van der Waals surface area contributed by atoms with Crippen molar-refractivity contribution in [1.82, 2.24) is 19.9 Å². The Kier molecular flexibility index (Phi) is 4.01. The molecule has 1 aromatic heterocycles. The number of carbonyl (C=O) groups excluding carboxylic acids is 1. The molecule has 1 saturated heterocycles. The van der Waals surface area contributed by atoms with Gasteiger partial charge in [-0.1, -0.05) is 5.21 Å². The van der Waals surface area contributed by atoms with Crippen molar-refractivity contribution in [2.24, 2.45) is 0 Å². The van der Waals surface area contributed by atoms with Crippen LogP contribution in [-0.2, 0) is 0 Å². The van der Waals surface area contributed by atoms with Crippen molar-refractivity contribution in [3.8, 4) is 5.69 Å². The molecule has 0 spiro atoms. The number of aromatic nitrogens is 3. The molecule has 0 aliphatic carbocycles. The second-order valence-corrected chi connectivity index (χ2v) is 5.85. The van der Waals surface area contributed by atoms with Gasteiger partial charge in [0.25, 0.3) is 5.91 Å². The van der Waals surface area contributed by atoms with E-state index in [1.807, 2.05) is 0 Å². The van der Waals surface area contributed by atoms with E-state index in [-0.39, 0.29) is 11.7 Å². The molecule has 21 heavy (non-hydrogen) atoms. The first-order valence-electron chi connectivity index (χ1n) is 6.82. The quantitative estimate of drug-likeness (QED) is 0.834. The molecular formula is C14H14BrFN4O. The summed E-state index contributed by atoms with van der Waals surface area (Å²) in [7, 11) is 0. The van der Waals surface area contributed by atoms with Crippen molar-refractivity contribution in [2.75, 3.05) is 13.1 Å². The van der Waals surface area contributed by atoms with Crippen LogP contribution >= 0.6 is 15.9 Å². The van der Waals surface area contributed by atoms with Crippen molar-refractivity contribution < 1.29 is 9.18 Å². The third kappa shape index (κ3) is 2.97. The lowest BCUT2D eigenvalue weighted by atomic mass is 10.1. The van der Waals surface area contributed by atoms with Crippen LogP contribution in [0.4, 0.5) is 4.39 Å². The largest absolute Gasteiger partial charge is 0.337 e. The summed E-state index contributed by atoms with van der Waals surface area (Å²) in [5, 5.41) is 7.90. The van der Waals surface area contributed by atoms with Gasteiger partial charge in [-0.05, 0) is 53.4 Å². The van der Waals surface area contributed by atoms with Crippen LogP contribution in [0.2, 0.25) is 0 Å². The van der Waals surface area contributed by atoms with Crippen LogP contribution in [0.5, 0.6) is 0 Å². The van der Waals surface area contributed by atoms with Gasteiger partial charge in [0.1, 0.15) is 5.82 Å². The second-order valence-electron chi connectivity index (χ2n) is 5.00. The first-order chi connectivity index (χ1) is 10.1. The highest BCUT2D eigenvalue weighted by atomic mass is 79.9. The standard InChI is InChI=1S/C14H14BrFN4O/c15-11-8-10(16)4-5-13(11)20-9-12(17-18-20)14(21)19-6-2-1-3-7-19/h4-5,8-9H,1-3,6-7H2. The predicted molar refractivity (Wildman–Crippen MR) is 78.8 cm³/mol. The van der Waals surface area contributed by atoms with Crippen LogP contribution in [0.3, 0.4) is 0 Å². The van der Waals surface area contributed by atoms with Crippen LogP contribution < -0.4 is 0 Å². The van der Waals surface area contributed by atoms with Gasteiger partial charge < -0.3 is 4.90 Å². The summed E-state index contributed by atoms with van der Waals surface area (Å²) in [6.07, 6.45) is 4.81. The summed E-state index contributed by atoms with van der Waals surface area (Å²) in [4.78, 5) is 14.1. The summed E-state index contributed by atoms with van der Waals surface area (Å²) in [5.74, 6) is -0.436. The molecule has 5 nitrogen and oxygen atoms in total. The van der Waals surface area contributed by atoms with Gasteiger partial charge in [0.15, 0.2) is 5.69 Å². The molecule has 0 N–H and O–H groups in total. The molecule has 1 aliphatic heterocycles. The fourth-order valence-corrected chi connectivity index (χ4v) is 2.94. The lowest BCUT2D eigenvalue weighted by Gasteiger charge is -2.25. The fourth-order valence-electron chi connectivity index (χ4n) is 2.41. The van der Waals surface area contributed by atoms with E-state index in [0.717, 1.165) is 25.9 Å². The molecule has 0 atom stereocenters. The summed E-state index contributed by atoms with van der Waals surface area (Å²) >= 11 is 3.28. The summed E-state index contributed by atoms with van der Waals surface area (Å²) < 4.78 is 15.1. The zero-order valence-corrected chi connectivity index (χ0v) is 12.9. The van der Waals surface area contributed by atoms with Gasteiger partial charge in [-0.15, -0.1) is 5.10 Å². The number of carbonyl (C=O) groups is 1. The topological polar surface area (TPSA) is 51.0 Å². The molecular weight excluding hydrogens is 339 g/mol. The minimum absolute atomic E-state index is 0.0980. The Morgan fingerprint density at radius 2 is 2.00 bits per heavy atom. The highest BCUT2D eigenvalue weighted by Crippen LogP contribution is 2.21. The number of hydrogen-bond donors (Lipinski definition) is 0. The van der Waals surface area contributed by atoms with Gasteiger partial charge in [0, 0.05) is 17.6 Å². The molecule has 0 bridgehead atoms. The van der Waals surface area contributed by atoms with Gasteiger partial charge in [-0.25, -0.2) is 9.07 Å². The monoisotopic (exact) mass is 352 g/mol. The molecule has 7 heteroatoms. The first-order valence-corrected chi connectivity index (χ1v) is 7.61. The summed E-state index contributed by atoms with van der Waals surface area (Å²) in [5.41, 5.74) is 0.953. The van der Waals surface area contributed by atoms with Gasteiger partial charge >= 0.3 is 0 Å². The molecule has 110 valence electrons. The molecule has 0 saturated carbocycles. The van der Waals surface area contributed by atoms with Crippen LogP contribution in [0, 0.1) is 5.82 Å². The normalized spacial score (nSPS) is 15.2. The number of halogens is 2. The maximum absolute atomic E-state index is 13.1. The molecule has 1 fully saturated rings. The van der Waals surface area contributed by atoms with Gasteiger partial charge in [0.2, 0.25) is 0 Å². The van der Waals surface area contributed by atoms with Crippen molar-refractivity contribution in [2.45, 2.75) is 19.3 Å². The van der Waals surface area contributed by atoms with Crippen molar-refractivity contribution in [3.05, 3.63) is 40.4 Å². The van der Waals surface area contributed by atoms with Crippen molar-refractivity contribution >= 4 is 21.8 Å². The average Bonchev–Trinajstić information content (AvgIpc) is 2.97. The number of piperidine rings is 1. The second kappa shape index (κ2) is 5.93. The van der Waals surface area contributed by atoms with Crippen LogP contribution in [0.25, 0.3) is 5.69 Å².